The average Bonchev–Trinajstić information content (AvgIpc) is 3.24. The van der Waals surface area contributed by atoms with Gasteiger partial charge in [0.2, 0.25) is 5.91 Å². The molecule has 3 unspecified atom stereocenters. The van der Waals surface area contributed by atoms with Crippen molar-refractivity contribution in [3.05, 3.63) is 24.3 Å². The number of allylic oxidation sites excluding steroid dienone is 3. The molecule has 0 aliphatic rings. The van der Waals surface area contributed by atoms with Gasteiger partial charge in [-0.3, -0.25) is 4.79 Å². The maximum atomic E-state index is 12.5. The summed E-state index contributed by atoms with van der Waals surface area (Å²) in [6.45, 7) is 4.24. The van der Waals surface area contributed by atoms with Gasteiger partial charge in [0, 0.05) is 0 Å². The summed E-state index contributed by atoms with van der Waals surface area (Å²) < 4.78 is 0. The quantitative estimate of drug-likeness (QED) is 0.0363. The summed E-state index contributed by atoms with van der Waals surface area (Å²) >= 11 is 0. The molecule has 60 heavy (non-hydrogen) atoms. The number of hydrogen-bond donors (Lipinski definition) is 4. The maximum Gasteiger partial charge on any atom is 0.222 e. The lowest BCUT2D eigenvalue weighted by Crippen LogP contribution is -2.45. The van der Waals surface area contributed by atoms with Crippen molar-refractivity contribution in [2.75, 3.05) is 6.61 Å². The molecule has 5 nitrogen and oxygen atoms in total. The van der Waals surface area contributed by atoms with Crippen LogP contribution in [-0.4, -0.2) is 46.1 Å². The number of aliphatic hydroxyl groups is 3. The van der Waals surface area contributed by atoms with Crippen molar-refractivity contribution in [3.63, 3.8) is 0 Å². The number of unbranched alkanes of at least 4 members (excludes halogenated alkanes) is 39. The highest BCUT2D eigenvalue weighted by atomic mass is 16.3. The van der Waals surface area contributed by atoms with E-state index in [0.717, 1.165) is 32.1 Å². The fourth-order valence-electron chi connectivity index (χ4n) is 8.59. The van der Waals surface area contributed by atoms with Crippen LogP contribution in [0.1, 0.15) is 296 Å². The largest absolute Gasteiger partial charge is 0.394 e. The molecule has 4 N–H and O–H groups in total. The molecule has 0 aromatic rings. The second-order valence-corrected chi connectivity index (χ2v) is 18.8. The predicted octanol–water partition coefficient (Wildman–Crippen LogP) is 16.5. The molecule has 0 aliphatic heterocycles. The summed E-state index contributed by atoms with van der Waals surface area (Å²) in [5.41, 5.74) is 0. The third kappa shape index (κ3) is 46.3. The Morgan fingerprint density at radius 1 is 0.417 bits per heavy atom. The number of carbonyl (C=O) groups excluding carboxylic acids is 1. The van der Waals surface area contributed by atoms with Gasteiger partial charge in [-0.05, 0) is 32.1 Å². The average molecular weight is 846 g/mol. The van der Waals surface area contributed by atoms with Crippen molar-refractivity contribution >= 4 is 5.91 Å². The molecule has 0 aliphatic carbocycles. The van der Waals surface area contributed by atoms with E-state index in [1.165, 1.54) is 238 Å². The first kappa shape index (κ1) is 58.8. The van der Waals surface area contributed by atoms with E-state index in [-0.39, 0.29) is 18.9 Å². The molecule has 356 valence electrons. The van der Waals surface area contributed by atoms with Crippen LogP contribution in [-0.2, 0) is 4.79 Å². The second-order valence-electron chi connectivity index (χ2n) is 18.8. The normalized spacial score (nSPS) is 13.5. The molecule has 0 heterocycles. The van der Waals surface area contributed by atoms with Gasteiger partial charge < -0.3 is 20.6 Å². The monoisotopic (exact) mass is 846 g/mol. The number of amides is 1. The Morgan fingerprint density at radius 3 is 1.07 bits per heavy atom. The van der Waals surface area contributed by atoms with Gasteiger partial charge in [0.1, 0.15) is 0 Å². The van der Waals surface area contributed by atoms with E-state index >= 15 is 0 Å². The zero-order chi connectivity index (χ0) is 43.7. The SMILES string of the molecule is CCCCCCCCCCCCCCCCCCCC/C=C/CC/C=C/C(O)C(CO)NC(=O)CC(O)CCCCCCCCCCCCCCCCCCCCCCC. The molecule has 1 amide bonds. The molecular formula is C55H107NO4. The lowest BCUT2D eigenvalue weighted by molar-refractivity contribution is -0.124. The van der Waals surface area contributed by atoms with E-state index in [2.05, 4.69) is 31.3 Å². The third-order valence-corrected chi connectivity index (χ3v) is 12.7. The molecule has 5 heteroatoms. The minimum Gasteiger partial charge on any atom is -0.394 e. The fraction of sp³-hybridized carbons (Fsp3) is 0.909. The van der Waals surface area contributed by atoms with Crippen molar-refractivity contribution in [2.24, 2.45) is 0 Å². The Labute approximate surface area is 375 Å². The first-order valence-corrected chi connectivity index (χ1v) is 27.1. The number of hydrogen-bond acceptors (Lipinski definition) is 4. The van der Waals surface area contributed by atoms with Crippen LogP contribution in [0.4, 0.5) is 0 Å². The van der Waals surface area contributed by atoms with Gasteiger partial charge in [-0.1, -0.05) is 282 Å². The van der Waals surface area contributed by atoms with Crippen molar-refractivity contribution in [3.8, 4) is 0 Å². The van der Waals surface area contributed by atoms with E-state index in [1.807, 2.05) is 6.08 Å². The standard InChI is InChI=1S/C55H107NO4/c1-3-5-7-9-11-13-15-17-19-21-23-25-26-27-29-31-33-35-37-39-41-43-45-47-49-54(59)53(51-57)56-55(60)50-52(58)48-46-44-42-40-38-36-34-32-30-28-24-22-20-18-16-14-12-10-8-6-4-2/h39,41,47,49,52-54,57-59H,3-38,40,42-46,48,50-51H2,1-2H3,(H,56,60)/b41-39+,49-47+. The fourth-order valence-corrected chi connectivity index (χ4v) is 8.59. The third-order valence-electron chi connectivity index (χ3n) is 12.7. The van der Waals surface area contributed by atoms with Gasteiger partial charge in [-0.2, -0.15) is 0 Å². The van der Waals surface area contributed by atoms with Crippen LogP contribution in [0, 0.1) is 0 Å². The topological polar surface area (TPSA) is 89.8 Å². The number of aliphatic hydroxyl groups excluding tert-OH is 3. The van der Waals surface area contributed by atoms with Crippen LogP contribution in [0.25, 0.3) is 0 Å². The molecule has 3 atom stereocenters. The number of nitrogens with one attached hydrogen (secondary N) is 1. The van der Waals surface area contributed by atoms with E-state index in [9.17, 15) is 20.1 Å². The minimum atomic E-state index is -0.950. The van der Waals surface area contributed by atoms with E-state index in [0.29, 0.717) is 6.42 Å². The molecule has 0 spiro atoms. The van der Waals surface area contributed by atoms with Crippen molar-refractivity contribution in [1.29, 1.82) is 0 Å². The summed E-state index contributed by atoms with van der Waals surface area (Å²) in [5.74, 6) is -0.319. The van der Waals surface area contributed by atoms with Crippen LogP contribution in [0.3, 0.4) is 0 Å². The molecule has 0 fully saturated rings. The van der Waals surface area contributed by atoms with Gasteiger partial charge in [0.05, 0.1) is 31.3 Å². The Bertz CT molecular complexity index is 890. The van der Waals surface area contributed by atoms with E-state index in [1.54, 1.807) is 6.08 Å². The van der Waals surface area contributed by atoms with Gasteiger partial charge in [-0.15, -0.1) is 0 Å². The van der Waals surface area contributed by atoms with Gasteiger partial charge in [0.15, 0.2) is 0 Å². The van der Waals surface area contributed by atoms with Gasteiger partial charge in [0.25, 0.3) is 0 Å². The molecule has 0 aromatic carbocycles. The summed E-state index contributed by atoms with van der Waals surface area (Å²) in [7, 11) is 0. The lowest BCUT2D eigenvalue weighted by Gasteiger charge is -2.21. The van der Waals surface area contributed by atoms with Crippen LogP contribution in [0.15, 0.2) is 24.3 Å². The molecule has 0 aromatic heterocycles. The zero-order valence-electron chi connectivity index (χ0n) is 40.6. The Morgan fingerprint density at radius 2 is 0.717 bits per heavy atom. The van der Waals surface area contributed by atoms with Crippen molar-refractivity contribution < 1.29 is 20.1 Å². The highest BCUT2D eigenvalue weighted by Gasteiger charge is 2.20. The Hall–Kier alpha value is -1.17. The Kier molecular flexibility index (Phi) is 49.5. The predicted molar refractivity (Wildman–Crippen MR) is 264 cm³/mol. The molecule has 0 bridgehead atoms. The van der Waals surface area contributed by atoms with Crippen molar-refractivity contribution in [1.82, 2.24) is 5.32 Å². The zero-order valence-corrected chi connectivity index (χ0v) is 40.6. The van der Waals surface area contributed by atoms with Crippen LogP contribution in [0.5, 0.6) is 0 Å². The number of carbonyl (C=O) groups is 1. The van der Waals surface area contributed by atoms with Gasteiger partial charge in [-0.25, -0.2) is 0 Å². The first-order chi connectivity index (χ1) is 29.5. The summed E-state index contributed by atoms with van der Waals surface area (Å²) in [4.78, 5) is 12.5. The first-order valence-electron chi connectivity index (χ1n) is 27.1. The van der Waals surface area contributed by atoms with Crippen molar-refractivity contribution in [2.45, 2.75) is 315 Å². The highest BCUT2D eigenvalue weighted by Crippen LogP contribution is 2.17. The van der Waals surface area contributed by atoms with Gasteiger partial charge >= 0.3 is 0 Å². The van der Waals surface area contributed by atoms with Crippen LogP contribution >= 0.6 is 0 Å². The molecule has 0 rings (SSSR count). The van der Waals surface area contributed by atoms with Crippen LogP contribution < -0.4 is 5.32 Å². The summed E-state index contributed by atoms with van der Waals surface area (Å²) in [5, 5.41) is 33.4. The molecular weight excluding hydrogens is 739 g/mol. The smallest absolute Gasteiger partial charge is 0.222 e. The van der Waals surface area contributed by atoms with Crippen LogP contribution in [0.2, 0.25) is 0 Å². The minimum absolute atomic E-state index is 0.0103. The molecule has 0 radical (unpaired) electrons. The van der Waals surface area contributed by atoms with E-state index in [4.69, 9.17) is 0 Å². The number of rotatable bonds is 50. The Balaban J connectivity index is 3.60. The molecule has 0 saturated carbocycles. The second kappa shape index (κ2) is 50.5. The van der Waals surface area contributed by atoms with E-state index < -0.39 is 18.2 Å². The lowest BCUT2D eigenvalue weighted by atomic mass is 10.0. The summed E-state index contributed by atoms with van der Waals surface area (Å²) in [6.07, 6.45) is 63.6. The summed E-state index contributed by atoms with van der Waals surface area (Å²) in [6, 6.07) is -0.759. The maximum absolute atomic E-state index is 12.5. The molecule has 0 saturated heterocycles. The highest BCUT2D eigenvalue weighted by molar-refractivity contribution is 5.76.